The fraction of sp³-hybridized carbons (Fsp3) is 0.312. The van der Waals surface area contributed by atoms with Crippen LogP contribution in [0.25, 0.3) is 11.0 Å². The Labute approximate surface area is 127 Å². The molecule has 21 heavy (non-hydrogen) atoms. The summed E-state index contributed by atoms with van der Waals surface area (Å²) in [6.45, 7) is 3.79. The topological polar surface area (TPSA) is 31.0 Å². The fourth-order valence-corrected chi connectivity index (χ4v) is 2.79. The summed E-state index contributed by atoms with van der Waals surface area (Å²) in [6.07, 6.45) is 2.28. The monoisotopic (exact) mass is 306 g/mol. The summed E-state index contributed by atoms with van der Waals surface area (Å²) < 4.78 is 21.3. The molecule has 0 fully saturated rings. The van der Waals surface area contributed by atoms with Crippen LogP contribution in [0.1, 0.15) is 30.1 Å². The lowest BCUT2D eigenvalue weighted by atomic mass is 10.2. The third kappa shape index (κ3) is 2.44. The average Bonchev–Trinajstić information content (AvgIpc) is 3.07. The average molecular weight is 307 g/mol. The lowest BCUT2D eigenvalue weighted by Gasteiger charge is -2.15. The van der Waals surface area contributed by atoms with E-state index in [1.54, 1.807) is 13.2 Å². The summed E-state index contributed by atoms with van der Waals surface area (Å²) in [5, 5.41) is 0. The van der Waals surface area contributed by atoms with Gasteiger partial charge in [0.15, 0.2) is 0 Å². The number of hydrogen-bond donors (Lipinski definition) is 0. The predicted molar refractivity (Wildman–Crippen MR) is 81.4 cm³/mol. The van der Waals surface area contributed by atoms with Crippen molar-refractivity contribution in [1.29, 1.82) is 0 Å². The van der Waals surface area contributed by atoms with Crippen molar-refractivity contribution in [3.63, 3.8) is 0 Å². The van der Waals surface area contributed by atoms with Crippen molar-refractivity contribution < 1.29 is 8.81 Å². The molecule has 0 aliphatic heterocycles. The van der Waals surface area contributed by atoms with Gasteiger partial charge in [0.1, 0.15) is 17.4 Å². The molecule has 110 valence electrons. The Morgan fingerprint density at radius 1 is 1.43 bits per heavy atom. The molecular formula is C16H16ClFN2O. The van der Waals surface area contributed by atoms with Gasteiger partial charge in [0.2, 0.25) is 0 Å². The number of fused-ring (bicyclic) bond motifs is 1. The zero-order chi connectivity index (χ0) is 15.0. The predicted octanol–water partition coefficient (Wildman–Crippen LogP) is 4.47. The van der Waals surface area contributed by atoms with E-state index < -0.39 is 0 Å². The number of nitrogens with zero attached hydrogens (tertiary/aromatic N) is 2. The van der Waals surface area contributed by atoms with Crippen LogP contribution < -0.4 is 0 Å². The van der Waals surface area contributed by atoms with Crippen molar-refractivity contribution in [2.75, 3.05) is 5.88 Å². The lowest BCUT2D eigenvalue weighted by Crippen LogP contribution is -2.10. The van der Waals surface area contributed by atoms with E-state index in [0.717, 1.165) is 17.1 Å². The first-order chi connectivity index (χ1) is 10.1. The SMILES string of the molecule is Cc1cc2c(cc1F)nc(CCCl)n2C(C)c1ccco1. The van der Waals surface area contributed by atoms with Crippen LogP contribution in [0, 0.1) is 12.7 Å². The summed E-state index contributed by atoms with van der Waals surface area (Å²) in [5.74, 6) is 1.91. The summed E-state index contributed by atoms with van der Waals surface area (Å²) in [5.41, 5.74) is 2.15. The van der Waals surface area contributed by atoms with E-state index in [0.29, 0.717) is 23.4 Å². The van der Waals surface area contributed by atoms with E-state index in [9.17, 15) is 4.39 Å². The zero-order valence-corrected chi connectivity index (χ0v) is 12.7. The second-order valence-corrected chi connectivity index (χ2v) is 5.50. The van der Waals surface area contributed by atoms with Gasteiger partial charge in [0.25, 0.3) is 0 Å². The molecule has 2 heterocycles. The smallest absolute Gasteiger partial charge is 0.128 e. The number of aromatic nitrogens is 2. The minimum atomic E-state index is -0.241. The van der Waals surface area contributed by atoms with E-state index in [2.05, 4.69) is 9.55 Å². The van der Waals surface area contributed by atoms with E-state index in [1.165, 1.54) is 6.07 Å². The maximum absolute atomic E-state index is 13.8. The first kappa shape index (κ1) is 14.1. The van der Waals surface area contributed by atoms with Crippen LogP contribution in [0.5, 0.6) is 0 Å². The molecule has 1 unspecified atom stereocenters. The highest BCUT2D eigenvalue weighted by atomic mass is 35.5. The minimum Gasteiger partial charge on any atom is -0.467 e. The van der Waals surface area contributed by atoms with Gasteiger partial charge in [-0.15, -0.1) is 11.6 Å². The maximum atomic E-state index is 13.8. The molecule has 3 aromatic rings. The van der Waals surface area contributed by atoms with Gasteiger partial charge >= 0.3 is 0 Å². The highest BCUT2D eigenvalue weighted by Gasteiger charge is 2.19. The quantitative estimate of drug-likeness (QED) is 0.666. The van der Waals surface area contributed by atoms with Crippen molar-refractivity contribution in [1.82, 2.24) is 9.55 Å². The van der Waals surface area contributed by atoms with Crippen LogP contribution in [0.15, 0.2) is 34.9 Å². The van der Waals surface area contributed by atoms with E-state index in [1.807, 2.05) is 25.1 Å². The molecule has 5 heteroatoms. The van der Waals surface area contributed by atoms with E-state index >= 15 is 0 Å². The molecule has 0 saturated heterocycles. The Hall–Kier alpha value is -1.81. The Balaban J connectivity index is 2.22. The van der Waals surface area contributed by atoms with Gasteiger partial charge < -0.3 is 8.98 Å². The van der Waals surface area contributed by atoms with Crippen LogP contribution in [-0.2, 0) is 6.42 Å². The maximum Gasteiger partial charge on any atom is 0.128 e. The van der Waals surface area contributed by atoms with Crippen molar-refractivity contribution in [2.24, 2.45) is 0 Å². The van der Waals surface area contributed by atoms with Crippen LogP contribution in [-0.4, -0.2) is 15.4 Å². The van der Waals surface area contributed by atoms with E-state index in [4.69, 9.17) is 16.0 Å². The first-order valence-corrected chi connectivity index (χ1v) is 7.41. The molecule has 0 saturated carbocycles. The van der Waals surface area contributed by atoms with Crippen LogP contribution in [0.3, 0.4) is 0 Å². The summed E-state index contributed by atoms with van der Waals surface area (Å²) in [6, 6.07) is 7.07. The van der Waals surface area contributed by atoms with Gasteiger partial charge in [-0.3, -0.25) is 0 Å². The largest absolute Gasteiger partial charge is 0.467 e. The number of aryl methyl sites for hydroxylation is 2. The Morgan fingerprint density at radius 2 is 2.24 bits per heavy atom. The van der Waals surface area contributed by atoms with Crippen molar-refractivity contribution >= 4 is 22.6 Å². The zero-order valence-electron chi connectivity index (χ0n) is 11.9. The molecule has 0 bridgehead atoms. The molecule has 0 aliphatic rings. The molecule has 0 radical (unpaired) electrons. The standard InChI is InChI=1S/C16H16ClFN2O/c1-10-8-14-13(9-12(10)18)19-16(5-6-17)20(14)11(2)15-4-3-7-21-15/h3-4,7-9,11H,5-6H2,1-2H3. The van der Waals surface area contributed by atoms with Gasteiger partial charge in [-0.1, -0.05) is 0 Å². The Bertz CT molecular complexity index is 764. The highest BCUT2D eigenvalue weighted by molar-refractivity contribution is 6.17. The van der Waals surface area contributed by atoms with Gasteiger partial charge in [-0.05, 0) is 37.6 Å². The van der Waals surface area contributed by atoms with E-state index in [-0.39, 0.29) is 11.9 Å². The number of benzene rings is 1. The summed E-state index contributed by atoms with van der Waals surface area (Å²) in [4.78, 5) is 4.53. The Morgan fingerprint density at radius 3 is 2.90 bits per heavy atom. The Kier molecular flexibility index (Phi) is 3.72. The molecular weight excluding hydrogens is 291 g/mol. The van der Waals surface area contributed by atoms with Crippen LogP contribution in [0.2, 0.25) is 0 Å². The number of furan rings is 1. The number of alkyl halides is 1. The van der Waals surface area contributed by atoms with Crippen molar-refractivity contribution in [3.8, 4) is 0 Å². The van der Waals surface area contributed by atoms with Crippen molar-refractivity contribution in [3.05, 3.63) is 53.5 Å². The fourth-order valence-electron chi connectivity index (χ4n) is 2.62. The van der Waals surface area contributed by atoms with Gasteiger partial charge in [-0.25, -0.2) is 9.37 Å². The lowest BCUT2D eigenvalue weighted by molar-refractivity contribution is 0.445. The third-order valence-electron chi connectivity index (χ3n) is 3.70. The molecule has 0 spiro atoms. The summed E-state index contributed by atoms with van der Waals surface area (Å²) in [7, 11) is 0. The molecule has 0 amide bonds. The second kappa shape index (κ2) is 5.53. The molecule has 1 atom stereocenters. The summed E-state index contributed by atoms with van der Waals surface area (Å²) >= 11 is 5.88. The molecule has 1 aromatic carbocycles. The van der Waals surface area contributed by atoms with Gasteiger partial charge in [0.05, 0.1) is 23.3 Å². The number of imidazole rings is 1. The normalized spacial score (nSPS) is 13.0. The number of rotatable bonds is 4. The highest BCUT2D eigenvalue weighted by Crippen LogP contribution is 2.28. The number of hydrogen-bond acceptors (Lipinski definition) is 2. The first-order valence-electron chi connectivity index (χ1n) is 6.88. The minimum absolute atomic E-state index is 0.0203. The molecule has 0 aliphatic carbocycles. The molecule has 3 nitrogen and oxygen atoms in total. The molecule has 3 rings (SSSR count). The van der Waals surface area contributed by atoms with Gasteiger partial charge in [-0.2, -0.15) is 0 Å². The second-order valence-electron chi connectivity index (χ2n) is 5.12. The molecule has 2 aromatic heterocycles. The number of halogens is 2. The third-order valence-corrected chi connectivity index (χ3v) is 3.89. The van der Waals surface area contributed by atoms with Gasteiger partial charge in [0, 0.05) is 18.4 Å². The van der Waals surface area contributed by atoms with Crippen molar-refractivity contribution in [2.45, 2.75) is 26.3 Å². The van der Waals surface area contributed by atoms with Crippen LogP contribution >= 0.6 is 11.6 Å². The van der Waals surface area contributed by atoms with Crippen LogP contribution in [0.4, 0.5) is 4.39 Å². The molecule has 0 N–H and O–H groups in total.